The van der Waals surface area contributed by atoms with E-state index in [1.165, 1.54) is 12.1 Å². The minimum Gasteiger partial charge on any atom is -0.457 e. The highest BCUT2D eigenvalue weighted by molar-refractivity contribution is 5.99. The number of urea groups is 1. The molecule has 8 nitrogen and oxygen atoms in total. The van der Waals surface area contributed by atoms with E-state index in [0.717, 1.165) is 5.69 Å². The predicted molar refractivity (Wildman–Crippen MR) is 105 cm³/mol. The van der Waals surface area contributed by atoms with Crippen LogP contribution in [0.4, 0.5) is 20.7 Å². The van der Waals surface area contributed by atoms with Crippen LogP contribution in [0.2, 0.25) is 0 Å². The lowest BCUT2D eigenvalue weighted by Gasteiger charge is -2.36. The fourth-order valence-electron chi connectivity index (χ4n) is 2.91. The van der Waals surface area contributed by atoms with Gasteiger partial charge in [0.25, 0.3) is 0 Å². The minimum absolute atomic E-state index is 0.0336. The molecule has 1 saturated heterocycles. The SMILES string of the molecule is Cn1nc(C2(C)COC2)cc1NC(=O)Nc1ccc(Oc2ccncc2)cc1F. The van der Waals surface area contributed by atoms with Gasteiger partial charge >= 0.3 is 6.03 Å². The normalized spacial score (nSPS) is 14.7. The van der Waals surface area contributed by atoms with Gasteiger partial charge in [0.05, 0.1) is 30.0 Å². The number of amides is 2. The van der Waals surface area contributed by atoms with Gasteiger partial charge in [-0.2, -0.15) is 5.10 Å². The smallest absolute Gasteiger partial charge is 0.324 e. The van der Waals surface area contributed by atoms with Gasteiger partial charge in [-0.25, -0.2) is 9.18 Å². The van der Waals surface area contributed by atoms with Crippen molar-refractivity contribution in [2.75, 3.05) is 23.8 Å². The van der Waals surface area contributed by atoms with Crippen molar-refractivity contribution >= 4 is 17.5 Å². The Morgan fingerprint density at radius 2 is 1.93 bits per heavy atom. The van der Waals surface area contributed by atoms with Gasteiger partial charge in [-0.1, -0.05) is 0 Å². The molecule has 2 amide bonds. The molecular weight excluding hydrogens is 377 g/mol. The highest BCUT2D eigenvalue weighted by atomic mass is 19.1. The number of hydrogen-bond acceptors (Lipinski definition) is 5. The molecule has 0 bridgehead atoms. The van der Waals surface area contributed by atoms with E-state index >= 15 is 0 Å². The summed E-state index contributed by atoms with van der Waals surface area (Å²) in [6.45, 7) is 3.23. The molecule has 3 heterocycles. The summed E-state index contributed by atoms with van der Waals surface area (Å²) >= 11 is 0. The van der Waals surface area contributed by atoms with Crippen LogP contribution in [0.25, 0.3) is 0 Å². The molecule has 0 unspecified atom stereocenters. The molecule has 0 radical (unpaired) electrons. The van der Waals surface area contributed by atoms with Crippen molar-refractivity contribution in [3.05, 3.63) is 60.3 Å². The van der Waals surface area contributed by atoms with Gasteiger partial charge in [0.2, 0.25) is 0 Å². The highest BCUT2D eigenvalue weighted by Gasteiger charge is 2.38. The molecule has 1 fully saturated rings. The van der Waals surface area contributed by atoms with Crippen LogP contribution in [0.5, 0.6) is 11.5 Å². The molecule has 29 heavy (non-hydrogen) atoms. The van der Waals surface area contributed by atoms with Gasteiger partial charge < -0.3 is 14.8 Å². The molecule has 3 aromatic rings. The molecule has 2 N–H and O–H groups in total. The van der Waals surface area contributed by atoms with Crippen LogP contribution in [0, 0.1) is 5.82 Å². The van der Waals surface area contributed by atoms with E-state index in [0.29, 0.717) is 30.5 Å². The van der Waals surface area contributed by atoms with Crippen molar-refractivity contribution in [2.45, 2.75) is 12.3 Å². The van der Waals surface area contributed by atoms with Crippen molar-refractivity contribution in [1.82, 2.24) is 14.8 Å². The Bertz CT molecular complexity index is 1030. The number of aryl methyl sites for hydroxylation is 1. The lowest BCUT2D eigenvalue weighted by atomic mass is 9.85. The molecule has 9 heteroatoms. The number of halogens is 1. The second-order valence-electron chi connectivity index (χ2n) is 7.10. The van der Waals surface area contributed by atoms with E-state index in [2.05, 4.69) is 20.7 Å². The Kier molecular flexibility index (Phi) is 4.89. The van der Waals surface area contributed by atoms with Crippen LogP contribution >= 0.6 is 0 Å². The number of nitrogens with one attached hydrogen (secondary N) is 2. The number of carbonyl (C=O) groups is 1. The van der Waals surface area contributed by atoms with E-state index < -0.39 is 11.8 Å². The molecule has 2 aromatic heterocycles. The Morgan fingerprint density at radius 1 is 1.17 bits per heavy atom. The van der Waals surface area contributed by atoms with Crippen molar-refractivity contribution in [2.24, 2.45) is 7.05 Å². The monoisotopic (exact) mass is 397 g/mol. The fourth-order valence-corrected chi connectivity index (χ4v) is 2.91. The molecule has 0 atom stereocenters. The van der Waals surface area contributed by atoms with Gasteiger partial charge in [-0.15, -0.1) is 0 Å². The third-order valence-electron chi connectivity index (χ3n) is 4.66. The van der Waals surface area contributed by atoms with E-state index in [1.807, 2.05) is 6.92 Å². The largest absolute Gasteiger partial charge is 0.457 e. The Hall–Kier alpha value is -3.46. The molecular formula is C20H20FN5O3. The molecule has 1 aliphatic rings. The van der Waals surface area contributed by atoms with Crippen molar-refractivity contribution in [3.63, 3.8) is 0 Å². The maximum atomic E-state index is 14.4. The first-order valence-corrected chi connectivity index (χ1v) is 9.01. The highest BCUT2D eigenvalue weighted by Crippen LogP contribution is 2.32. The van der Waals surface area contributed by atoms with Crippen LogP contribution in [0.1, 0.15) is 12.6 Å². The quantitative estimate of drug-likeness (QED) is 0.685. The summed E-state index contributed by atoms with van der Waals surface area (Å²) in [5.74, 6) is 0.738. The lowest BCUT2D eigenvalue weighted by Crippen LogP contribution is -2.44. The minimum atomic E-state index is -0.614. The zero-order valence-electron chi connectivity index (χ0n) is 16.0. The Morgan fingerprint density at radius 3 is 2.59 bits per heavy atom. The van der Waals surface area contributed by atoms with Crippen LogP contribution < -0.4 is 15.4 Å². The number of pyridine rings is 1. The first-order chi connectivity index (χ1) is 13.9. The van der Waals surface area contributed by atoms with Gasteiger partial charge in [-0.05, 0) is 31.2 Å². The topological polar surface area (TPSA) is 90.3 Å². The number of benzene rings is 1. The Balaban J connectivity index is 1.41. The van der Waals surface area contributed by atoms with Crippen LogP contribution in [-0.2, 0) is 17.2 Å². The number of carbonyl (C=O) groups excluding carboxylic acids is 1. The van der Waals surface area contributed by atoms with Crippen LogP contribution in [0.15, 0.2) is 48.8 Å². The fraction of sp³-hybridized carbons (Fsp3) is 0.250. The average molecular weight is 397 g/mol. The van der Waals surface area contributed by atoms with Gasteiger partial charge in [0.15, 0.2) is 0 Å². The molecule has 0 saturated carbocycles. The first-order valence-electron chi connectivity index (χ1n) is 9.01. The summed E-state index contributed by atoms with van der Waals surface area (Å²) in [6.07, 6.45) is 3.16. The molecule has 150 valence electrons. The maximum absolute atomic E-state index is 14.4. The summed E-state index contributed by atoms with van der Waals surface area (Å²) in [5, 5.41) is 9.61. The number of hydrogen-bond donors (Lipinski definition) is 2. The van der Waals surface area contributed by atoms with Gasteiger partial charge in [0, 0.05) is 31.6 Å². The van der Waals surface area contributed by atoms with E-state index in [-0.39, 0.29) is 11.1 Å². The zero-order chi connectivity index (χ0) is 20.4. The van der Waals surface area contributed by atoms with Crippen molar-refractivity contribution in [1.29, 1.82) is 0 Å². The summed E-state index contributed by atoms with van der Waals surface area (Å²) < 4.78 is 26.8. The number of anilines is 2. The van der Waals surface area contributed by atoms with Crippen LogP contribution in [-0.4, -0.2) is 34.0 Å². The van der Waals surface area contributed by atoms with Gasteiger partial charge in [-0.3, -0.25) is 15.0 Å². The first kappa shape index (κ1) is 18.9. The second-order valence-corrected chi connectivity index (χ2v) is 7.10. The third-order valence-corrected chi connectivity index (χ3v) is 4.66. The number of rotatable bonds is 5. The summed E-state index contributed by atoms with van der Waals surface area (Å²) in [5.41, 5.74) is 0.724. The maximum Gasteiger partial charge on any atom is 0.324 e. The van der Waals surface area contributed by atoms with Crippen LogP contribution in [0.3, 0.4) is 0 Å². The van der Waals surface area contributed by atoms with E-state index in [9.17, 15) is 9.18 Å². The molecule has 0 aliphatic carbocycles. The molecule has 1 aromatic carbocycles. The third kappa shape index (κ3) is 4.04. The second kappa shape index (κ2) is 7.51. The van der Waals surface area contributed by atoms with Gasteiger partial charge in [0.1, 0.15) is 23.1 Å². The number of nitrogens with zero attached hydrogens (tertiary/aromatic N) is 3. The standard InChI is InChI=1S/C20H20FN5O3/c1-20(11-28-12-20)17-10-18(26(2)25-17)24-19(27)23-16-4-3-14(9-15(16)21)29-13-5-7-22-8-6-13/h3-10H,11-12H2,1-2H3,(H2,23,24,27). The summed E-state index contributed by atoms with van der Waals surface area (Å²) in [6, 6.07) is 8.76. The molecule has 0 spiro atoms. The predicted octanol–water partition coefficient (Wildman–Crippen LogP) is 3.68. The lowest BCUT2D eigenvalue weighted by molar-refractivity contribution is -0.0522. The zero-order valence-corrected chi connectivity index (χ0v) is 16.0. The summed E-state index contributed by atoms with van der Waals surface area (Å²) in [4.78, 5) is 16.2. The molecule has 4 rings (SSSR count). The van der Waals surface area contributed by atoms with Crippen molar-refractivity contribution in [3.8, 4) is 11.5 Å². The average Bonchev–Trinajstić information content (AvgIpc) is 3.03. The Labute approximate surface area is 166 Å². The number of aromatic nitrogens is 3. The van der Waals surface area contributed by atoms with Crippen molar-refractivity contribution < 1.29 is 18.7 Å². The van der Waals surface area contributed by atoms with E-state index in [1.54, 1.807) is 48.4 Å². The molecule has 1 aliphatic heterocycles. The summed E-state index contributed by atoms with van der Waals surface area (Å²) in [7, 11) is 1.73. The number of ether oxygens (including phenoxy) is 2. The van der Waals surface area contributed by atoms with E-state index in [4.69, 9.17) is 9.47 Å².